The lowest BCUT2D eigenvalue weighted by Crippen LogP contribution is -2.10. The number of fused-ring (bicyclic) bond motifs is 1. The van der Waals surface area contributed by atoms with E-state index in [4.69, 9.17) is 5.73 Å². The maximum absolute atomic E-state index is 13.3. The first-order chi connectivity index (χ1) is 14.4. The zero-order chi connectivity index (χ0) is 22.6. The van der Waals surface area contributed by atoms with Crippen LogP contribution in [-0.2, 0) is 12.4 Å². The molecular formula is C19H12F6N6. The van der Waals surface area contributed by atoms with Crippen LogP contribution in [0.5, 0.6) is 0 Å². The van der Waals surface area contributed by atoms with Crippen molar-refractivity contribution in [3.05, 3.63) is 59.7 Å². The van der Waals surface area contributed by atoms with Crippen molar-refractivity contribution in [2.45, 2.75) is 19.3 Å². The van der Waals surface area contributed by atoms with Crippen molar-refractivity contribution in [3.63, 3.8) is 0 Å². The summed E-state index contributed by atoms with van der Waals surface area (Å²) in [5, 5.41) is 3.35. The lowest BCUT2D eigenvalue weighted by atomic mass is 9.99. The van der Waals surface area contributed by atoms with Crippen molar-refractivity contribution >= 4 is 11.6 Å². The van der Waals surface area contributed by atoms with E-state index in [1.807, 2.05) is 0 Å². The zero-order valence-electron chi connectivity index (χ0n) is 15.6. The van der Waals surface area contributed by atoms with Gasteiger partial charge in [-0.3, -0.25) is 0 Å². The van der Waals surface area contributed by atoms with Crippen molar-refractivity contribution in [3.8, 4) is 22.4 Å². The SMILES string of the molecule is Cc1cc(-c2c(-c3ccccc3)nc(N)n3nc(C(F)(F)F)nc23)cc(C(F)(F)F)n1. The number of hydrogen-bond acceptors (Lipinski definition) is 5. The van der Waals surface area contributed by atoms with Gasteiger partial charge in [0.2, 0.25) is 5.95 Å². The Hall–Kier alpha value is -3.70. The summed E-state index contributed by atoms with van der Waals surface area (Å²) in [6, 6.07) is 10.2. The molecule has 2 N–H and O–H groups in total. The Bertz CT molecular complexity index is 1280. The van der Waals surface area contributed by atoms with E-state index in [2.05, 4.69) is 20.1 Å². The zero-order valence-corrected chi connectivity index (χ0v) is 15.6. The minimum atomic E-state index is -4.89. The second kappa shape index (κ2) is 6.93. The van der Waals surface area contributed by atoms with Gasteiger partial charge in [0.15, 0.2) is 5.65 Å². The van der Waals surface area contributed by atoms with Gasteiger partial charge in [0.25, 0.3) is 5.82 Å². The number of rotatable bonds is 2. The quantitative estimate of drug-likeness (QED) is 0.456. The Kier molecular flexibility index (Phi) is 4.60. The van der Waals surface area contributed by atoms with E-state index in [1.54, 1.807) is 30.3 Å². The summed E-state index contributed by atoms with van der Waals surface area (Å²) in [6.45, 7) is 1.34. The third kappa shape index (κ3) is 3.76. The van der Waals surface area contributed by atoms with Crippen LogP contribution in [0.4, 0.5) is 32.3 Å². The topological polar surface area (TPSA) is 82.0 Å². The number of benzene rings is 1. The van der Waals surface area contributed by atoms with E-state index in [1.165, 1.54) is 13.0 Å². The summed E-state index contributed by atoms with van der Waals surface area (Å²) in [6.07, 6.45) is -9.66. The molecule has 0 saturated heterocycles. The summed E-state index contributed by atoms with van der Waals surface area (Å²) >= 11 is 0. The van der Waals surface area contributed by atoms with E-state index in [9.17, 15) is 26.3 Å². The van der Waals surface area contributed by atoms with Gasteiger partial charge in [-0.2, -0.15) is 30.9 Å². The molecular weight excluding hydrogens is 426 g/mol. The molecule has 0 aliphatic carbocycles. The lowest BCUT2D eigenvalue weighted by Gasteiger charge is -2.14. The van der Waals surface area contributed by atoms with Crippen LogP contribution in [-0.4, -0.2) is 24.6 Å². The molecule has 0 aliphatic rings. The van der Waals surface area contributed by atoms with Gasteiger partial charge in [-0.25, -0.2) is 15.0 Å². The van der Waals surface area contributed by atoms with Crippen LogP contribution in [0, 0.1) is 6.92 Å². The highest BCUT2D eigenvalue weighted by Crippen LogP contribution is 2.38. The summed E-state index contributed by atoms with van der Waals surface area (Å²) in [5.74, 6) is -1.89. The number of nitrogens with two attached hydrogens (primary N) is 1. The molecule has 0 unspecified atom stereocenters. The Balaban J connectivity index is 2.13. The van der Waals surface area contributed by atoms with Crippen LogP contribution in [0.1, 0.15) is 17.2 Å². The molecule has 3 heterocycles. The minimum Gasteiger partial charge on any atom is -0.368 e. The molecule has 0 fully saturated rings. The van der Waals surface area contributed by atoms with Gasteiger partial charge in [0.05, 0.1) is 11.3 Å². The number of hydrogen-bond donors (Lipinski definition) is 1. The summed E-state index contributed by atoms with van der Waals surface area (Å²) in [7, 11) is 0. The van der Waals surface area contributed by atoms with Crippen molar-refractivity contribution in [2.24, 2.45) is 0 Å². The molecule has 6 nitrogen and oxygen atoms in total. The fourth-order valence-corrected chi connectivity index (χ4v) is 3.11. The van der Waals surface area contributed by atoms with Crippen molar-refractivity contribution in [2.75, 3.05) is 5.73 Å². The van der Waals surface area contributed by atoms with Gasteiger partial charge in [0.1, 0.15) is 5.69 Å². The van der Waals surface area contributed by atoms with Crippen LogP contribution >= 0.6 is 0 Å². The molecule has 0 spiro atoms. The van der Waals surface area contributed by atoms with Crippen molar-refractivity contribution in [1.82, 2.24) is 24.6 Å². The molecule has 0 amide bonds. The third-order valence-corrected chi connectivity index (χ3v) is 4.34. The Morgan fingerprint density at radius 2 is 1.52 bits per heavy atom. The molecule has 0 saturated carbocycles. The molecule has 0 aliphatic heterocycles. The molecule has 0 atom stereocenters. The second-order valence-corrected chi connectivity index (χ2v) is 6.61. The highest BCUT2D eigenvalue weighted by molar-refractivity contribution is 5.90. The first-order valence-electron chi connectivity index (χ1n) is 8.70. The number of aryl methyl sites for hydroxylation is 1. The summed E-state index contributed by atoms with van der Waals surface area (Å²) in [4.78, 5) is 11.2. The predicted molar refractivity (Wildman–Crippen MR) is 98.6 cm³/mol. The Labute approximate surface area is 170 Å². The summed E-state index contributed by atoms with van der Waals surface area (Å²) in [5.41, 5.74) is 4.57. The fourth-order valence-electron chi connectivity index (χ4n) is 3.11. The highest BCUT2D eigenvalue weighted by Gasteiger charge is 2.38. The molecule has 0 radical (unpaired) electrons. The largest absolute Gasteiger partial charge is 0.453 e. The molecule has 160 valence electrons. The van der Waals surface area contributed by atoms with Gasteiger partial charge < -0.3 is 5.73 Å². The number of nitrogens with zero attached hydrogens (tertiary/aromatic N) is 5. The second-order valence-electron chi connectivity index (χ2n) is 6.61. The van der Waals surface area contributed by atoms with E-state index in [-0.39, 0.29) is 28.2 Å². The van der Waals surface area contributed by atoms with Crippen LogP contribution in [0.2, 0.25) is 0 Å². The van der Waals surface area contributed by atoms with Gasteiger partial charge in [-0.1, -0.05) is 30.3 Å². The normalized spacial score (nSPS) is 12.5. The van der Waals surface area contributed by atoms with Gasteiger partial charge >= 0.3 is 12.4 Å². The Morgan fingerprint density at radius 3 is 2.13 bits per heavy atom. The van der Waals surface area contributed by atoms with E-state index in [0.29, 0.717) is 10.1 Å². The van der Waals surface area contributed by atoms with E-state index in [0.717, 1.165) is 6.07 Å². The molecule has 12 heteroatoms. The molecule has 4 rings (SSSR count). The maximum Gasteiger partial charge on any atom is 0.453 e. The molecule has 0 bridgehead atoms. The standard InChI is InChI=1S/C19H12F6N6/c1-9-7-11(8-12(27-9)18(20,21)22)13-14(10-5-3-2-4-6-10)28-17(26)31-15(13)29-16(30-31)19(23,24)25/h2-8H,1H3,(H2,26,28). The molecule has 3 aromatic heterocycles. The van der Waals surface area contributed by atoms with Gasteiger partial charge in [-0.15, -0.1) is 5.10 Å². The van der Waals surface area contributed by atoms with Crippen LogP contribution in [0.25, 0.3) is 28.0 Å². The first-order valence-corrected chi connectivity index (χ1v) is 8.70. The number of nitrogen functional groups attached to an aromatic ring is 1. The number of anilines is 1. The highest BCUT2D eigenvalue weighted by atomic mass is 19.4. The monoisotopic (exact) mass is 438 g/mol. The van der Waals surface area contributed by atoms with Gasteiger partial charge in [0, 0.05) is 11.3 Å². The predicted octanol–water partition coefficient (Wildman–Crippen LogP) is 4.78. The Morgan fingerprint density at radius 1 is 0.839 bits per heavy atom. The number of halogens is 6. The molecule has 1 aromatic carbocycles. The smallest absolute Gasteiger partial charge is 0.368 e. The van der Waals surface area contributed by atoms with Crippen molar-refractivity contribution < 1.29 is 26.3 Å². The summed E-state index contributed by atoms with van der Waals surface area (Å²) < 4.78 is 80.4. The fraction of sp³-hybridized carbons (Fsp3) is 0.158. The third-order valence-electron chi connectivity index (χ3n) is 4.34. The van der Waals surface area contributed by atoms with Crippen LogP contribution < -0.4 is 5.73 Å². The lowest BCUT2D eigenvalue weighted by molar-refractivity contribution is -0.144. The minimum absolute atomic E-state index is 0.00868. The maximum atomic E-state index is 13.3. The average molecular weight is 438 g/mol. The molecule has 31 heavy (non-hydrogen) atoms. The molecule has 4 aromatic rings. The van der Waals surface area contributed by atoms with Gasteiger partial charge in [-0.05, 0) is 24.6 Å². The number of aromatic nitrogens is 5. The van der Waals surface area contributed by atoms with Crippen molar-refractivity contribution in [1.29, 1.82) is 0 Å². The first kappa shape index (κ1) is 20.6. The van der Waals surface area contributed by atoms with E-state index >= 15 is 0 Å². The number of alkyl halides is 6. The average Bonchev–Trinajstić information content (AvgIpc) is 3.14. The van der Waals surface area contributed by atoms with E-state index < -0.39 is 29.8 Å². The van der Waals surface area contributed by atoms with Crippen LogP contribution in [0.3, 0.4) is 0 Å². The van der Waals surface area contributed by atoms with Crippen LogP contribution in [0.15, 0.2) is 42.5 Å². The number of pyridine rings is 1.